The first-order valence-corrected chi connectivity index (χ1v) is 31.9. The fourth-order valence-corrected chi connectivity index (χ4v) is 9.52. The van der Waals surface area contributed by atoms with Crippen molar-refractivity contribution in [2.24, 2.45) is 0 Å². The number of anilines is 2. The zero-order chi connectivity index (χ0) is 68.7. The predicted molar refractivity (Wildman–Crippen MR) is 363 cm³/mol. The third kappa shape index (κ3) is 25.2. The lowest BCUT2D eigenvalue weighted by Crippen LogP contribution is -2.45. The molecule has 0 aliphatic carbocycles. The fraction of sp³-hybridized carbons (Fsp3) is 0.347. The molecule has 0 radical (unpaired) electrons. The third-order valence-electron chi connectivity index (χ3n) is 14.7. The molecule has 7 aromatic carbocycles. The van der Waals surface area contributed by atoms with Gasteiger partial charge >= 0.3 is 23.9 Å². The van der Waals surface area contributed by atoms with Crippen LogP contribution in [0, 0.1) is 0 Å². The van der Waals surface area contributed by atoms with Crippen molar-refractivity contribution in [3.05, 3.63) is 197 Å². The van der Waals surface area contributed by atoms with Gasteiger partial charge in [0.2, 0.25) is 5.91 Å². The van der Waals surface area contributed by atoms with Gasteiger partial charge in [0.15, 0.2) is 23.0 Å². The number of unbranched alkanes of at least 4 members (excludes halogenated alkanes) is 8. The molecule has 7 aromatic rings. The molecule has 0 heterocycles. The van der Waals surface area contributed by atoms with E-state index in [0.29, 0.717) is 75.4 Å². The van der Waals surface area contributed by atoms with Gasteiger partial charge in [0.1, 0.15) is 34.9 Å². The maximum Gasteiger partial charge on any atom is 0.343 e. The van der Waals surface area contributed by atoms with Crippen molar-refractivity contribution in [3.8, 4) is 40.2 Å². The Balaban J connectivity index is 0.000000304. The second-order valence-corrected chi connectivity index (χ2v) is 23.4. The number of hydrogen-bond acceptors (Lipinski definition) is 16. The lowest BCUT2D eigenvalue weighted by atomic mass is 10.0. The number of rotatable bonds is 34. The van der Waals surface area contributed by atoms with Crippen molar-refractivity contribution in [1.82, 2.24) is 10.6 Å². The van der Waals surface area contributed by atoms with Crippen LogP contribution in [-0.4, -0.2) is 98.9 Å². The second-order valence-electron chi connectivity index (χ2n) is 23.4. The minimum atomic E-state index is -1.27. The Bertz CT molecular complexity index is 3610. The highest BCUT2D eigenvalue weighted by atomic mass is 16.6. The molecule has 0 fully saturated rings. The molecule has 0 saturated carbocycles. The van der Waals surface area contributed by atoms with E-state index < -0.39 is 53.4 Å². The van der Waals surface area contributed by atoms with E-state index in [1.54, 1.807) is 167 Å². The van der Waals surface area contributed by atoms with Crippen LogP contribution in [0.1, 0.15) is 157 Å². The normalized spacial score (nSPS) is 11.5. The quantitative estimate of drug-likeness (QED) is 0.0108. The highest BCUT2D eigenvalue weighted by Gasteiger charge is 2.29. The molecule has 0 spiro atoms. The molecule has 6 N–H and O–H groups in total. The van der Waals surface area contributed by atoms with Crippen LogP contribution in [-0.2, 0) is 38.4 Å². The number of carboxylic acids is 1. The highest BCUT2D eigenvalue weighted by molar-refractivity contribution is 5.99. The van der Waals surface area contributed by atoms with E-state index in [2.05, 4.69) is 29.8 Å². The molecule has 0 bridgehead atoms. The maximum absolute atomic E-state index is 13.1. The monoisotopic (exact) mass is 1300 g/mol. The van der Waals surface area contributed by atoms with Gasteiger partial charge in [-0.15, -0.1) is 0 Å². The molecule has 2 unspecified atom stereocenters. The molecule has 7 rings (SSSR count). The van der Waals surface area contributed by atoms with Crippen LogP contribution in [0.4, 0.5) is 11.4 Å². The predicted octanol–water partition coefficient (Wildman–Crippen LogP) is 13.4. The lowest BCUT2D eigenvalue weighted by molar-refractivity contribution is -0.157. The van der Waals surface area contributed by atoms with Crippen molar-refractivity contribution in [3.63, 3.8) is 0 Å². The Labute approximate surface area is 556 Å². The van der Waals surface area contributed by atoms with Gasteiger partial charge < -0.3 is 64.7 Å². The number of nitrogen functional groups attached to an aromatic ring is 1. The van der Waals surface area contributed by atoms with Crippen LogP contribution in [0.25, 0.3) is 0 Å². The van der Waals surface area contributed by atoms with Crippen molar-refractivity contribution in [2.45, 2.75) is 136 Å². The van der Waals surface area contributed by atoms with Crippen LogP contribution >= 0.6 is 0 Å². The third-order valence-corrected chi connectivity index (χ3v) is 14.7. The standard InChI is InChI=1S/C40H44N2O9.C35H44N2O7/c1-4-5-6-7-8-23-50-33-20-14-30(15-21-33)40(47)51-35-22-11-28(25-36(35)49-3)24-34(39(45)46)42-38(44)29-12-16-31(17-13-29)41-37(43)26-27-9-18-32(48-2)19-10-27;1-6-7-8-9-10-21-42-28-18-14-26(15-19-28)33(39)43-30-20-11-24(23-31(30)41-5)22-29(34(40)44-35(2,3)4)37-32(38)25-12-16-27(36)17-13-25/h9-22,25,34H,4-8,23-24,26H2,1-3H3,(H,41,43)(H,42,44)(H,45,46);11-20,23,29H,6-10,21-22,36H2,1-5H3,(H,37,38). The Morgan fingerprint density at radius 1 is 0.463 bits per heavy atom. The molecule has 0 aliphatic heterocycles. The van der Waals surface area contributed by atoms with E-state index in [1.807, 2.05) is 0 Å². The molecule has 20 heteroatoms. The molecule has 504 valence electrons. The molecule has 0 aliphatic rings. The summed E-state index contributed by atoms with van der Waals surface area (Å²) in [5.74, 6) is -1.27. The van der Waals surface area contributed by atoms with Gasteiger partial charge in [-0.1, -0.05) is 89.5 Å². The molecule has 0 aromatic heterocycles. The number of carboxylic acid groups (broad SMARTS) is 1. The number of hydrogen-bond donors (Lipinski definition) is 5. The van der Waals surface area contributed by atoms with E-state index in [0.717, 1.165) is 31.2 Å². The van der Waals surface area contributed by atoms with Crippen LogP contribution in [0.15, 0.2) is 158 Å². The number of carbonyl (C=O) groups is 7. The number of nitrogens with one attached hydrogen (secondary N) is 3. The molecular weight excluding hydrogens is 1210 g/mol. The summed E-state index contributed by atoms with van der Waals surface area (Å²) in [7, 11) is 4.44. The topological polar surface area (TPSA) is 276 Å². The number of amides is 3. The second kappa shape index (κ2) is 38.0. The Morgan fingerprint density at radius 3 is 1.31 bits per heavy atom. The number of carbonyl (C=O) groups excluding carboxylic acids is 6. The van der Waals surface area contributed by atoms with Crippen LogP contribution < -0.4 is 54.8 Å². The zero-order valence-electron chi connectivity index (χ0n) is 55.4. The number of ether oxygens (including phenoxy) is 8. The van der Waals surface area contributed by atoms with Crippen LogP contribution in [0.3, 0.4) is 0 Å². The summed E-state index contributed by atoms with van der Waals surface area (Å²) in [5, 5.41) is 18.0. The summed E-state index contributed by atoms with van der Waals surface area (Å²) < 4.78 is 44.4. The minimum absolute atomic E-state index is 0.0643. The zero-order valence-corrected chi connectivity index (χ0v) is 55.4. The SMILES string of the molecule is CCCCCCCOc1ccc(C(=O)Oc2ccc(CC(NC(=O)c3ccc(N)cc3)C(=O)OC(C)(C)C)cc2OC)cc1.CCCCCCCOc1ccc(C(=O)Oc2ccc(CC(NC(=O)c3ccc(NC(=O)Cc4ccc(OC)cc4)cc3)C(=O)O)cc2OC)cc1. The Morgan fingerprint density at radius 2 is 0.874 bits per heavy atom. The average molecular weight is 1300 g/mol. The van der Waals surface area contributed by atoms with Gasteiger partial charge in [-0.2, -0.15) is 0 Å². The summed E-state index contributed by atoms with van der Waals surface area (Å²) in [5.41, 5.74) is 9.26. The molecular formula is C75H88N4O16. The Hall–Kier alpha value is -10.4. The van der Waals surface area contributed by atoms with Crippen LogP contribution in [0.2, 0.25) is 0 Å². The van der Waals surface area contributed by atoms with Crippen LogP contribution in [0.5, 0.6) is 40.2 Å². The van der Waals surface area contributed by atoms with E-state index in [9.17, 15) is 38.7 Å². The summed E-state index contributed by atoms with van der Waals surface area (Å²) in [6.07, 6.45) is 11.7. The van der Waals surface area contributed by atoms with Gasteiger partial charge in [-0.05, 0) is 184 Å². The molecule has 0 saturated heterocycles. The van der Waals surface area contributed by atoms with Gasteiger partial charge in [0, 0.05) is 35.3 Å². The van der Waals surface area contributed by atoms with E-state index >= 15 is 0 Å². The summed E-state index contributed by atoms with van der Waals surface area (Å²) >= 11 is 0. The van der Waals surface area contributed by atoms with Gasteiger partial charge in [-0.3, -0.25) is 14.4 Å². The number of methoxy groups -OCH3 is 3. The largest absolute Gasteiger partial charge is 0.497 e. The van der Waals surface area contributed by atoms with Gasteiger partial charge in [-0.25, -0.2) is 19.2 Å². The van der Waals surface area contributed by atoms with Crippen molar-refractivity contribution in [1.29, 1.82) is 0 Å². The number of benzene rings is 7. The summed E-state index contributed by atoms with van der Waals surface area (Å²) in [6.45, 7) is 10.9. The number of nitrogens with two attached hydrogens (primary N) is 1. The first-order valence-electron chi connectivity index (χ1n) is 31.9. The highest BCUT2D eigenvalue weighted by Crippen LogP contribution is 2.32. The van der Waals surface area contributed by atoms with Gasteiger partial charge in [0.25, 0.3) is 11.8 Å². The lowest BCUT2D eigenvalue weighted by Gasteiger charge is -2.25. The average Bonchev–Trinajstić information content (AvgIpc) is 0.947. The molecule has 3 amide bonds. The van der Waals surface area contributed by atoms with E-state index in [4.69, 9.17) is 43.6 Å². The first-order chi connectivity index (χ1) is 45.7. The van der Waals surface area contributed by atoms with Gasteiger partial charge in [0.05, 0.1) is 52.1 Å². The molecule has 20 nitrogen and oxygen atoms in total. The molecule has 2 atom stereocenters. The smallest absolute Gasteiger partial charge is 0.343 e. The van der Waals surface area contributed by atoms with E-state index in [1.165, 1.54) is 70.9 Å². The minimum Gasteiger partial charge on any atom is -0.497 e. The van der Waals surface area contributed by atoms with Crippen molar-refractivity contribution >= 4 is 53.0 Å². The summed E-state index contributed by atoms with van der Waals surface area (Å²) in [4.78, 5) is 89.3. The first kappa shape index (κ1) is 73.7. The fourth-order valence-electron chi connectivity index (χ4n) is 9.52. The van der Waals surface area contributed by atoms with E-state index in [-0.39, 0.29) is 48.0 Å². The number of aliphatic carboxylic acids is 1. The maximum atomic E-state index is 13.1. The number of esters is 3. The summed E-state index contributed by atoms with van der Waals surface area (Å²) in [6, 6.07) is 40.6. The van der Waals surface area contributed by atoms with Crippen molar-refractivity contribution < 1.29 is 76.6 Å². The van der Waals surface area contributed by atoms with Crippen molar-refractivity contribution in [2.75, 3.05) is 45.6 Å². The Kier molecular flexibility index (Phi) is 29.4. The molecule has 95 heavy (non-hydrogen) atoms.